The Labute approximate surface area is 142 Å². The molecule has 0 spiro atoms. The zero-order valence-corrected chi connectivity index (χ0v) is 14.3. The van der Waals surface area contributed by atoms with Crippen molar-refractivity contribution in [2.24, 2.45) is 0 Å². The molecule has 2 aromatic rings. The minimum absolute atomic E-state index is 0.000619. The van der Waals surface area contributed by atoms with Crippen LogP contribution >= 0.6 is 0 Å². The third kappa shape index (κ3) is 3.07. The molecule has 0 radical (unpaired) electrons. The molecule has 3 rings (SSSR count). The number of hydrogen-bond acceptors (Lipinski definition) is 4. The van der Waals surface area contributed by atoms with Crippen molar-refractivity contribution in [2.45, 2.75) is 25.8 Å². The van der Waals surface area contributed by atoms with Crippen LogP contribution in [0.2, 0.25) is 0 Å². The van der Waals surface area contributed by atoms with Gasteiger partial charge in [0.15, 0.2) is 0 Å². The van der Waals surface area contributed by atoms with E-state index in [0.29, 0.717) is 5.69 Å². The number of hydrogen-bond donors (Lipinski definition) is 0. The zero-order valence-electron chi connectivity index (χ0n) is 14.3. The Bertz CT molecular complexity index is 745. The molecule has 5 heteroatoms. The van der Waals surface area contributed by atoms with E-state index >= 15 is 0 Å². The van der Waals surface area contributed by atoms with E-state index in [0.717, 1.165) is 42.1 Å². The Balaban J connectivity index is 1.92. The van der Waals surface area contributed by atoms with Crippen LogP contribution in [0.3, 0.4) is 0 Å². The van der Waals surface area contributed by atoms with Crippen molar-refractivity contribution >= 4 is 5.91 Å². The first-order chi connectivity index (χ1) is 11.6. The van der Waals surface area contributed by atoms with E-state index in [9.17, 15) is 4.79 Å². The van der Waals surface area contributed by atoms with Crippen molar-refractivity contribution in [1.29, 1.82) is 0 Å². The van der Waals surface area contributed by atoms with Crippen LogP contribution in [-0.4, -0.2) is 36.6 Å². The number of benzene rings is 1. The Morgan fingerprint density at radius 3 is 2.75 bits per heavy atom. The highest BCUT2D eigenvalue weighted by Crippen LogP contribution is 2.39. The third-order valence-corrected chi connectivity index (χ3v) is 4.42. The normalized spacial score (nSPS) is 17.0. The molecule has 1 aliphatic heterocycles. The molecule has 1 aliphatic rings. The number of rotatable bonds is 4. The second kappa shape index (κ2) is 6.91. The number of likely N-dealkylation sites (tertiary alicyclic amines) is 1. The van der Waals surface area contributed by atoms with Gasteiger partial charge in [-0.3, -0.25) is 4.79 Å². The lowest BCUT2D eigenvalue weighted by atomic mass is 10.0. The van der Waals surface area contributed by atoms with Gasteiger partial charge in [0.25, 0.3) is 5.91 Å². The summed E-state index contributed by atoms with van der Waals surface area (Å²) in [7, 11) is 3.27. The highest BCUT2D eigenvalue weighted by atomic mass is 16.5. The number of carbonyl (C=O) groups excluding carboxylic acids is 1. The van der Waals surface area contributed by atoms with E-state index in [1.807, 2.05) is 42.2 Å². The Morgan fingerprint density at radius 2 is 2.04 bits per heavy atom. The van der Waals surface area contributed by atoms with E-state index in [1.54, 1.807) is 20.3 Å². The molecule has 1 atom stereocenters. The van der Waals surface area contributed by atoms with Crippen molar-refractivity contribution in [3.63, 3.8) is 0 Å². The smallest absolute Gasteiger partial charge is 0.272 e. The molecule has 1 aromatic heterocycles. The van der Waals surface area contributed by atoms with Crippen molar-refractivity contribution < 1.29 is 14.3 Å². The monoisotopic (exact) mass is 326 g/mol. The Kier molecular flexibility index (Phi) is 4.69. The first kappa shape index (κ1) is 16.3. The molecule has 1 amide bonds. The minimum Gasteiger partial charge on any atom is -0.497 e. The number of amides is 1. The number of aryl methyl sites for hydroxylation is 1. The number of aromatic nitrogens is 1. The maximum absolute atomic E-state index is 12.9. The van der Waals surface area contributed by atoms with Gasteiger partial charge in [-0.2, -0.15) is 0 Å². The van der Waals surface area contributed by atoms with Crippen molar-refractivity contribution in [2.75, 3.05) is 20.8 Å². The molecule has 0 N–H and O–H groups in total. The van der Waals surface area contributed by atoms with Crippen LogP contribution in [0.4, 0.5) is 0 Å². The van der Waals surface area contributed by atoms with Gasteiger partial charge in [-0.1, -0.05) is 6.07 Å². The maximum Gasteiger partial charge on any atom is 0.272 e. The lowest BCUT2D eigenvalue weighted by molar-refractivity contribution is 0.0728. The molecule has 2 heterocycles. The topological polar surface area (TPSA) is 51.7 Å². The second-order valence-corrected chi connectivity index (χ2v) is 5.93. The fourth-order valence-corrected chi connectivity index (χ4v) is 3.24. The van der Waals surface area contributed by atoms with Gasteiger partial charge in [-0.25, -0.2) is 4.98 Å². The second-order valence-electron chi connectivity index (χ2n) is 5.93. The van der Waals surface area contributed by atoms with Crippen LogP contribution in [0.5, 0.6) is 11.5 Å². The summed E-state index contributed by atoms with van der Waals surface area (Å²) in [6, 6.07) is 11.3. The summed E-state index contributed by atoms with van der Waals surface area (Å²) in [5.74, 6) is 1.46. The van der Waals surface area contributed by atoms with Crippen LogP contribution in [-0.2, 0) is 0 Å². The SMILES string of the molecule is COc1ccc([C@H]2CCCN2C(=O)c2cccc(C)n2)c(OC)c1. The molecule has 5 nitrogen and oxygen atoms in total. The molecular weight excluding hydrogens is 304 g/mol. The van der Waals surface area contributed by atoms with Gasteiger partial charge < -0.3 is 14.4 Å². The standard InChI is InChI=1S/C19H22N2O3/c1-13-6-4-7-16(20-13)19(22)21-11-5-8-17(21)15-10-9-14(23-2)12-18(15)24-3/h4,6-7,9-10,12,17H,5,8,11H2,1-3H3/t17-/m1/s1. The van der Waals surface area contributed by atoms with Gasteiger partial charge in [-0.15, -0.1) is 0 Å². The summed E-state index contributed by atoms with van der Waals surface area (Å²) < 4.78 is 10.8. The van der Waals surface area contributed by atoms with Crippen LogP contribution in [0.1, 0.15) is 40.6 Å². The molecule has 0 bridgehead atoms. The Morgan fingerprint density at radius 1 is 1.21 bits per heavy atom. The number of methoxy groups -OCH3 is 2. The van der Waals surface area contributed by atoms with E-state index in [1.165, 1.54) is 0 Å². The summed E-state index contributed by atoms with van der Waals surface area (Å²) in [6.45, 7) is 2.62. The highest BCUT2D eigenvalue weighted by Gasteiger charge is 2.33. The van der Waals surface area contributed by atoms with Crippen molar-refractivity contribution in [3.05, 3.63) is 53.3 Å². The molecule has 1 fully saturated rings. The summed E-state index contributed by atoms with van der Waals surface area (Å²) in [5.41, 5.74) is 2.35. The summed E-state index contributed by atoms with van der Waals surface area (Å²) in [6.07, 6.45) is 1.89. The van der Waals surface area contributed by atoms with Gasteiger partial charge in [0.2, 0.25) is 0 Å². The van der Waals surface area contributed by atoms with Gasteiger partial charge in [0.1, 0.15) is 17.2 Å². The third-order valence-electron chi connectivity index (χ3n) is 4.42. The Hall–Kier alpha value is -2.56. The first-order valence-electron chi connectivity index (χ1n) is 8.10. The van der Waals surface area contributed by atoms with Crippen LogP contribution in [0, 0.1) is 6.92 Å². The predicted molar refractivity (Wildman–Crippen MR) is 91.5 cm³/mol. The fraction of sp³-hybridized carbons (Fsp3) is 0.368. The van der Waals surface area contributed by atoms with E-state index in [4.69, 9.17) is 9.47 Å². The summed E-state index contributed by atoms with van der Waals surface area (Å²) in [5, 5.41) is 0. The van der Waals surface area contributed by atoms with Gasteiger partial charge in [0.05, 0.1) is 20.3 Å². The van der Waals surface area contributed by atoms with Gasteiger partial charge in [-0.05, 0) is 44.0 Å². The predicted octanol–water partition coefficient (Wildman–Crippen LogP) is 3.38. The largest absolute Gasteiger partial charge is 0.497 e. The lowest BCUT2D eigenvalue weighted by Gasteiger charge is -2.26. The summed E-state index contributed by atoms with van der Waals surface area (Å²) in [4.78, 5) is 19.2. The zero-order chi connectivity index (χ0) is 17.1. The molecular formula is C19H22N2O3. The summed E-state index contributed by atoms with van der Waals surface area (Å²) >= 11 is 0. The fourth-order valence-electron chi connectivity index (χ4n) is 3.24. The van der Waals surface area contributed by atoms with E-state index < -0.39 is 0 Å². The average molecular weight is 326 g/mol. The minimum atomic E-state index is -0.0286. The number of pyridine rings is 1. The van der Waals surface area contributed by atoms with Crippen LogP contribution in [0.15, 0.2) is 36.4 Å². The van der Waals surface area contributed by atoms with E-state index in [2.05, 4.69) is 4.98 Å². The number of carbonyl (C=O) groups is 1. The van der Waals surface area contributed by atoms with Crippen LogP contribution < -0.4 is 9.47 Å². The molecule has 24 heavy (non-hydrogen) atoms. The molecule has 126 valence electrons. The van der Waals surface area contributed by atoms with Crippen LogP contribution in [0.25, 0.3) is 0 Å². The molecule has 1 aromatic carbocycles. The molecule has 1 saturated heterocycles. The molecule has 0 aliphatic carbocycles. The maximum atomic E-state index is 12.9. The lowest BCUT2D eigenvalue weighted by Crippen LogP contribution is -2.31. The van der Waals surface area contributed by atoms with E-state index in [-0.39, 0.29) is 11.9 Å². The van der Waals surface area contributed by atoms with Gasteiger partial charge >= 0.3 is 0 Å². The number of ether oxygens (including phenoxy) is 2. The molecule has 0 unspecified atom stereocenters. The first-order valence-corrected chi connectivity index (χ1v) is 8.10. The highest BCUT2D eigenvalue weighted by molar-refractivity contribution is 5.92. The van der Waals surface area contributed by atoms with Gasteiger partial charge in [0, 0.05) is 23.9 Å². The van der Waals surface area contributed by atoms with Crippen molar-refractivity contribution in [3.8, 4) is 11.5 Å². The quantitative estimate of drug-likeness (QED) is 0.864. The molecule has 0 saturated carbocycles. The average Bonchev–Trinajstić information content (AvgIpc) is 3.09. The van der Waals surface area contributed by atoms with Crippen molar-refractivity contribution in [1.82, 2.24) is 9.88 Å². The number of nitrogens with zero attached hydrogens (tertiary/aromatic N) is 2.